The van der Waals surface area contributed by atoms with E-state index in [0.29, 0.717) is 12.1 Å². The van der Waals surface area contributed by atoms with E-state index in [0.717, 1.165) is 37.4 Å². The summed E-state index contributed by atoms with van der Waals surface area (Å²) in [6, 6.07) is 0.548. The fourth-order valence-electron chi connectivity index (χ4n) is 1.94. The summed E-state index contributed by atoms with van der Waals surface area (Å²) in [6.07, 6.45) is 6.19. The molecule has 1 saturated heterocycles. The van der Waals surface area contributed by atoms with E-state index in [2.05, 4.69) is 22.2 Å². The van der Waals surface area contributed by atoms with Crippen LogP contribution in [0.5, 0.6) is 0 Å². The quantitative estimate of drug-likeness (QED) is 0.839. The predicted molar refractivity (Wildman–Crippen MR) is 62.0 cm³/mol. The topological polar surface area (TPSA) is 47.0 Å². The highest BCUT2D eigenvalue weighted by atomic mass is 16.5. The van der Waals surface area contributed by atoms with E-state index < -0.39 is 0 Å². The Labute approximate surface area is 96.4 Å². The molecular formula is C12H19N3O. The first-order valence-electron chi connectivity index (χ1n) is 5.86. The van der Waals surface area contributed by atoms with Gasteiger partial charge in [0.25, 0.3) is 0 Å². The number of hydrogen-bond acceptors (Lipinski definition) is 4. The molecule has 0 amide bonds. The van der Waals surface area contributed by atoms with Crippen LogP contribution in [0.4, 0.5) is 0 Å². The molecule has 2 atom stereocenters. The van der Waals surface area contributed by atoms with Crippen LogP contribution in [0.1, 0.15) is 31.2 Å². The van der Waals surface area contributed by atoms with Gasteiger partial charge in [-0.15, -0.1) is 0 Å². The molecule has 16 heavy (non-hydrogen) atoms. The van der Waals surface area contributed by atoms with Crippen molar-refractivity contribution in [1.29, 1.82) is 0 Å². The van der Waals surface area contributed by atoms with Crippen LogP contribution in [-0.2, 0) is 11.3 Å². The minimum absolute atomic E-state index is 0.371. The fraction of sp³-hybridized carbons (Fsp3) is 0.667. The van der Waals surface area contributed by atoms with Gasteiger partial charge < -0.3 is 10.1 Å². The van der Waals surface area contributed by atoms with E-state index in [1.54, 1.807) is 0 Å². The number of rotatable bonds is 3. The van der Waals surface area contributed by atoms with Crippen LogP contribution in [0.2, 0.25) is 0 Å². The number of aromatic nitrogens is 2. The molecule has 0 aliphatic carbocycles. The summed E-state index contributed by atoms with van der Waals surface area (Å²) in [4.78, 5) is 8.56. The van der Waals surface area contributed by atoms with Gasteiger partial charge in [-0.2, -0.15) is 0 Å². The Bertz CT molecular complexity index is 326. The molecule has 0 bridgehead atoms. The summed E-state index contributed by atoms with van der Waals surface area (Å²) in [5.74, 6) is 0. The number of nitrogens with zero attached hydrogens (tertiary/aromatic N) is 2. The summed E-state index contributed by atoms with van der Waals surface area (Å²) >= 11 is 0. The van der Waals surface area contributed by atoms with Gasteiger partial charge in [0.15, 0.2) is 0 Å². The first-order valence-corrected chi connectivity index (χ1v) is 5.86. The highest BCUT2D eigenvalue weighted by molar-refractivity contribution is 5.00. The second-order valence-electron chi connectivity index (χ2n) is 4.43. The minimum atomic E-state index is 0.371. The first-order chi connectivity index (χ1) is 7.74. The maximum atomic E-state index is 5.51. The molecule has 1 aromatic rings. The van der Waals surface area contributed by atoms with Crippen molar-refractivity contribution in [2.75, 3.05) is 6.61 Å². The van der Waals surface area contributed by atoms with Gasteiger partial charge in [0.2, 0.25) is 0 Å². The SMILES string of the molecule is Cc1cnc(CNC2CCOC(C)C2)cn1. The second-order valence-corrected chi connectivity index (χ2v) is 4.43. The van der Waals surface area contributed by atoms with Gasteiger partial charge in [0.1, 0.15) is 0 Å². The maximum Gasteiger partial charge on any atom is 0.0724 e. The smallest absolute Gasteiger partial charge is 0.0724 e. The molecule has 0 spiro atoms. The van der Waals surface area contributed by atoms with Crippen molar-refractivity contribution in [1.82, 2.24) is 15.3 Å². The summed E-state index contributed by atoms with van der Waals surface area (Å²) in [7, 11) is 0. The molecule has 2 rings (SSSR count). The number of nitrogens with one attached hydrogen (secondary N) is 1. The monoisotopic (exact) mass is 221 g/mol. The van der Waals surface area contributed by atoms with Crippen molar-refractivity contribution in [3.05, 3.63) is 23.8 Å². The maximum absolute atomic E-state index is 5.51. The number of aryl methyl sites for hydroxylation is 1. The normalized spacial score (nSPS) is 25.6. The lowest BCUT2D eigenvalue weighted by molar-refractivity contribution is 0.0130. The van der Waals surface area contributed by atoms with Crippen LogP contribution >= 0.6 is 0 Å². The Hall–Kier alpha value is -1.00. The van der Waals surface area contributed by atoms with Crippen molar-refractivity contribution in [2.24, 2.45) is 0 Å². The molecule has 1 N–H and O–H groups in total. The van der Waals surface area contributed by atoms with Crippen molar-refractivity contribution < 1.29 is 4.74 Å². The Morgan fingerprint density at radius 3 is 3.00 bits per heavy atom. The molecule has 1 aromatic heterocycles. The molecule has 4 heteroatoms. The molecule has 1 aliphatic rings. The van der Waals surface area contributed by atoms with Crippen LogP contribution in [0, 0.1) is 6.92 Å². The molecule has 0 aromatic carbocycles. The Morgan fingerprint density at radius 1 is 1.44 bits per heavy atom. The molecule has 1 fully saturated rings. The summed E-state index contributed by atoms with van der Waals surface area (Å²) in [5, 5.41) is 3.51. The first kappa shape index (κ1) is 11.5. The van der Waals surface area contributed by atoms with Gasteiger partial charge in [-0.25, -0.2) is 0 Å². The van der Waals surface area contributed by atoms with E-state index >= 15 is 0 Å². The molecule has 0 saturated carbocycles. The van der Waals surface area contributed by atoms with E-state index in [1.807, 2.05) is 19.3 Å². The van der Waals surface area contributed by atoms with Gasteiger partial charge in [0.05, 0.1) is 17.5 Å². The third-order valence-corrected chi connectivity index (χ3v) is 2.89. The van der Waals surface area contributed by atoms with Crippen LogP contribution < -0.4 is 5.32 Å². The average molecular weight is 221 g/mol. The lowest BCUT2D eigenvalue weighted by atomic mass is 10.0. The van der Waals surface area contributed by atoms with Crippen molar-refractivity contribution in [3.8, 4) is 0 Å². The van der Waals surface area contributed by atoms with Crippen molar-refractivity contribution >= 4 is 0 Å². The van der Waals surface area contributed by atoms with Crippen LogP contribution in [0.25, 0.3) is 0 Å². The van der Waals surface area contributed by atoms with Crippen LogP contribution in [0.15, 0.2) is 12.4 Å². The molecule has 1 aliphatic heterocycles. The van der Waals surface area contributed by atoms with Crippen LogP contribution in [-0.4, -0.2) is 28.7 Å². The highest BCUT2D eigenvalue weighted by Gasteiger charge is 2.18. The summed E-state index contributed by atoms with van der Waals surface area (Å²) in [6.45, 7) is 5.73. The van der Waals surface area contributed by atoms with Gasteiger partial charge in [-0.3, -0.25) is 9.97 Å². The minimum Gasteiger partial charge on any atom is -0.378 e. The molecule has 88 valence electrons. The second kappa shape index (κ2) is 5.37. The zero-order valence-electron chi connectivity index (χ0n) is 9.94. The fourth-order valence-corrected chi connectivity index (χ4v) is 1.94. The lowest BCUT2D eigenvalue weighted by Gasteiger charge is -2.27. The lowest BCUT2D eigenvalue weighted by Crippen LogP contribution is -2.37. The van der Waals surface area contributed by atoms with Gasteiger partial charge >= 0.3 is 0 Å². The molecule has 2 heterocycles. The molecule has 0 radical (unpaired) electrons. The van der Waals surface area contributed by atoms with Gasteiger partial charge in [-0.05, 0) is 26.7 Å². The van der Waals surface area contributed by atoms with E-state index in [-0.39, 0.29) is 0 Å². The predicted octanol–water partition coefficient (Wildman–Crippen LogP) is 1.44. The van der Waals surface area contributed by atoms with E-state index in [4.69, 9.17) is 4.74 Å². The Balaban J connectivity index is 1.80. The van der Waals surface area contributed by atoms with Gasteiger partial charge in [0, 0.05) is 31.6 Å². The standard InChI is InChI=1S/C12H19N3O/c1-9-6-14-12(7-13-9)8-15-11-3-4-16-10(2)5-11/h6-7,10-11,15H,3-5,8H2,1-2H3. The average Bonchev–Trinajstić information content (AvgIpc) is 2.28. The number of ether oxygens (including phenoxy) is 1. The summed E-state index contributed by atoms with van der Waals surface area (Å²) in [5.41, 5.74) is 1.97. The zero-order valence-corrected chi connectivity index (χ0v) is 9.94. The van der Waals surface area contributed by atoms with E-state index in [1.165, 1.54) is 0 Å². The Kier molecular flexibility index (Phi) is 3.85. The highest BCUT2D eigenvalue weighted by Crippen LogP contribution is 2.13. The molecule has 2 unspecified atom stereocenters. The van der Waals surface area contributed by atoms with Crippen molar-refractivity contribution in [3.63, 3.8) is 0 Å². The van der Waals surface area contributed by atoms with Gasteiger partial charge in [-0.1, -0.05) is 0 Å². The van der Waals surface area contributed by atoms with Crippen LogP contribution in [0.3, 0.4) is 0 Å². The molecule has 4 nitrogen and oxygen atoms in total. The zero-order chi connectivity index (χ0) is 11.4. The molecular weight excluding hydrogens is 202 g/mol. The van der Waals surface area contributed by atoms with E-state index in [9.17, 15) is 0 Å². The third-order valence-electron chi connectivity index (χ3n) is 2.89. The third kappa shape index (κ3) is 3.25. The summed E-state index contributed by atoms with van der Waals surface area (Å²) < 4.78 is 5.51. The Morgan fingerprint density at radius 2 is 2.31 bits per heavy atom. The number of hydrogen-bond donors (Lipinski definition) is 1. The van der Waals surface area contributed by atoms with Crippen molar-refractivity contribution in [2.45, 2.75) is 45.4 Å². The largest absolute Gasteiger partial charge is 0.378 e.